The van der Waals surface area contributed by atoms with Gasteiger partial charge in [0.05, 0.1) is 18.8 Å². The van der Waals surface area contributed by atoms with Gasteiger partial charge in [-0.3, -0.25) is 4.90 Å². The Morgan fingerprint density at radius 3 is 3.06 bits per heavy atom. The Labute approximate surface area is 96.7 Å². The molecule has 1 heterocycles. The third kappa shape index (κ3) is 4.74. The van der Waals surface area contributed by atoms with Crippen LogP contribution < -0.4 is 5.32 Å². The summed E-state index contributed by atoms with van der Waals surface area (Å²) in [6.07, 6.45) is 0. The van der Waals surface area contributed by atoms with E-state index in [1.54, 1.807) is 7.11 Å². The molecule has 0 aliphatic rings. The van der Waals surface area contributed by atoms with Crippen LogP contribution in [0, 0.1) is 0 Å². The molecule has 0 aliphatic heterocycles. The maximum Gasteiger partial charge on any atom is 0.151 e. The average molecular weight is 227 g/mol. The second-order valence-corrected chi connectivity index (χ2v) is 3.80. The SMILES string of the molecule is CCNCc1cc(CN(C)CCOC)on1. The lowest BCUT2D eigenvalue weighted by molar-refractivity contribution is 0.153. The minimum absolute atomic E-state index is 0.731. The standard InChI is InChI=1S/C11H21N3O2/c1-4-12-8-10-7-11(16-13-10)9-14(2)5-6-15-3/h7,12H,4-6,8-9H2,1-3H3. The van der Waals surface area contributed by atoms with Gasteiger partial charge in [-0.1, -0.05) is 12.1 Å². The zero-order chi connectivity index (χ0) is 11.8. The van der Waals surface area contributed by atoms with Gasteiger partial charge in [0.2, 0.25) is 0 Å². The topological polar surface area (TPSA) is 50.5 Å². The van der Waals surface area contributed by atoms with Gasteiger partial charge in [0, 0.05) is 26.3 Å². The smallest absolute Gasteiger partial charge is 0.151 e. The molecular formula is C11H21N3O2. The molecule has 5 heteroatoms. The summed E-state index contributed by atoms with van der Waals surface area (Å²) < 4.78 is 10.3. The van der Waals surface area contributed by atoms with E-state index in [4.69, 9.17) is 9.26 Å². The summed E-state index contributed by atoms with van der Waals surface area (Å²) in [5, 5.41) is 7.20. The molecular weight excluding hydrogens is 206 g/mol. The third-order valence-corrected chi connectivity index (χ3v) is 2.27. The molecule has 1 aromatic heterocycles. The molecule has 0 unspecified atom stereocenters. The van der Waals surface area contributed by atoms with Gasteiger partial charge in [-0.05, 0) is 13.6 Å². The predicted molar refractivity (Wildman–Crippen MR) is 62.1 cm³/mol. The minimum atomic E-state index is 0.731. The van der Waals surface area contributed by atoms with Crippen LogP contribution >= 0.6 is 0 Å². The van der Waals surface area contributed by atoms with Crippen molar-refractivity contribution < 1.29 is 9.26 Å². The average Bonchev–Trinajstić information content (AvgIpc) is 2.71. The minimum Gasteiger partial charge on any atom is -0.383 e. The van der Waals surface area contributed by atoms with Crippen LogP contribution in [0.2, 0.25) is 0 Å². The fourth-order valence-electron chi connectivity index (χ4n) is 1.36. The predicted octanol–water partition coefficient (Wildman–Crippen LogP) is 0.862. The maximum atomic E-state index is 5.24. The van der Waals surface area contributed by atoms with Crippen molar-refractivity contribution in [2.24, 2.45) is 0 Å². The van der Waals surface area contributed by atoms with Gasteiger partial charge in [0.15, 0.2) is 5.76 Å². The molecule has 0 atom stereocenters. The molecule has 0 fully saturated rings. The molecule has 0 bridgehead atoms. The van der Waals surface area contributed by atoms with Gasteiger partial charge in [-0.15, -0.1) is 0 Å². The van der Waals surface area contributed by atoms with Gasteiger partial charge in [0.25, 0.3) is 0 Å². The summed E-state index contributed by atoms with van der Waals surface area (Å²) in [7, 11) is 3.74. The zero-order valence-electron chi connectivity index (χ0n) is 10.3. The van der Waals surface area contributed by atoms with Gasteiger partial charge in [-0.25, -0.2) is 0 Å². The molecule has 0 aromatic carbocycles. The van der Waals surface area contributed by atoms with Crippen LogP contribution in [0.5, 0.6) is 0 Å². The van der Waals surface area contributed by atoms with Crippen molar-refractivity contribution in [1.82, 2.24) is 15.4 Å². The zero-order valence-corrected chi connectivity index (χ0v) is 10.3. The number of aromatic nitrogens is 1. The lowest BCUT2D eigenvalue weighted by Gasteiger charge is -2.13. The maximum absolute atomic E-state index is 5.24. The fourth-order valence-corrected chi connectivity index (χ4v) is 1.36. The van der Waals surface area contributed by atoms with Crippen molar-refractivity contribution in [2.45, 2.75) is 20.0 Å². The highest BCUT2D eigenvalue weighted by Crippen LogP contribution is 2.06. The van der Waals surface area contributed by atoms with E-state index < -0.39 is 0 Å². The van der Waals surface area contributed by atoms with Gasteiger partial charge >= 0.3 is 0 Å². The first-order valence-corrected chi connectivity index (χ1v) is 5.59. The van der Waals surface area contributed by atoms with Crippen LogP contribution in [0.25, 0.3) is 0 Å². The van der Waals surface area contributed by atoms with E-state index in [9.17, 15) is 0 Å². The van der Waals surface area contributed by atoms with Crippen molar-refractivity contribution in [3.05, 3.63) is 17.5 Å². The van der Waals surface area contributed by atoms with E-state index in [1.165, 1.54) is 0 Å². The van der Waals surface area contributed by atoms with Crippen molar-refractivity contribution in [3.8, 4) is 0 Å². The number of nitrogens with one attached hydrogen (secondary N) is 1. The van der Waals surface area contributed by atoms with Crippen LogP contribution in [-0.2, 0) is 17.8 Å². The van der Waals surface area contributed by atoms with Crippen LogP contribution in [0.4, 0.5) is 0 Å². The molecule has 1 rings (SSSR count). The monoisotopic (exact) mass is 227 g/mol. The van der Waals surface area contributed by atoms with Crippen molar-refractivity contribution in [3.63, 3.8) is 0 Å². The quantitative estimate of drug-likeness (QED) is 0.714. The number of likely N-dealkylation sites (N-methyl/N-ethyl adjacent to an activating group) is 1. The second-order valence-electron chi connectivity index (χ2n) is 3.80. The van der Waals surface area contributed by atoms with E-state index in [0.717, 1.165) is 44.2 Å². The Kier molecular flexibility index (Phi) is 6.07. The van der Waals surface area contributed by atoms with Crippen LogP contribution in [0.15, 0.2) is 10.6 Å². The Morgan fingerprint density at radius 1 is 1.56 bits per heavy atom. The number of ether oxygens (including phenoxy) is 1. The van der Waals surface area contributed by atoms with E-state index >= 15 is 0 Å². The molecule has 0 radical (unpaired) electrons. The lowest BCUT2D eigenvalue weighted by atomic mass is 10.3. The van der Waals surface area contributed by atoms with Gasteiger partial charge in [0.1, 0.15) is 0 Å². The van der Waals surface area contributed by atoms with E-state index in [0.29, 0.717) is 0 Å². The molecule has 1 N–H and O–H groups in total. The van der Waals surface area contributed by atoms with Gasteiger partial charge < -0.3 is 14.6 Å². The first kappa shape index (κ1) is 13.2. The first-order chi connectivity index (χ1) is 7.76. The number of hydrogen-bond acceptors (Lipinski definition) is 5. The van der Waals surface area contributed by atoms with Crippen LogP contribution in [0.3, 0.4) is 0 Å². The van der Waals surface area contributed by atoms with Crippen molar-refractivity contribution in [2.75, 3.05) is 33.9 Å². The fraction of sp³-hybridized carbons (Fsp3) is 0.727. The molecule has 92 valence electrons. The molecule has 0 saturated heterocycles. The Balaban J connectivity index is 2.33. The Hall–Kier alpha value is -0.910. The number of hydrogen-bond donors (Lipinski definition) is 1. The highest BCUT2D eigenvalue weighted by Gasteiger charge is 2.06. The molecule has 5 nitrogen and oxygen atoms in total. The summed E-state index contributed by atoms with van der Waals surface area (Å²) in [6.45, 7) is 6.16. The molecule has 0 amide bonds. The molecule has 1 aromatic rings. The highest BCUT2D eigenvalue weighted by molar-refractivity contribution is 5.04. The number of nitrogens with zero attached hydrogens (tertiary/aromatic N) is 2. The van der Waals surface area contributed by atoms with E-state index in [2.05, 4.69) is 22.3 Å². The molecule has 0 saturated carbocycles. The molecule has 16 heavy (non-hydrogen) atoms. The lowest BCUT2D eigenvalue weighted by Crippen LogP contribution is -2.22. The Bertz CT molecular complexity index is 289. The van der Waals surface area contributed by atoms with Crippen LogP contribution in [-0.4, -0.2) is 43.9 Å². The summed E-state index contributed by atoms with van der Waals surface area (Å²) in [5.74, 6) is 0.895. The first-order valence-electron chi connectivity index (χ1n) is 5.59. The summed E-state index contributed by atoms with van der Waals surface area (Å²) in [5.41, 5.74) is 0.956. The van der Waals surface area contributed by atoms with Crippen LogP contribution in [0.1, 0.15) is 18.4 Å². The van der Waals surface area contributed by atoms with Crippen molar-refractivity contribution >= 4 is 0 Å². The highest BCUT2D eigenvalue weighted by atomic mass is 16.5. The number of rotatable bonds is 8. The summed E-state index contributed by atoms with van der Waals surface area (Å²) in [4.78, 5) is 2.14. The van der Waals surface area contributed by atoms with Gasteiger partial charge in [-0.2, -0.15) is 0 Å². The Morgan fingerprint density at radius 2 is 2.38 bits per heavy atom. The summed E-state index contributed by atoms with van der Waals surface area (Å²) in [6, 6.07) is 1.99. The normalized spacial score (nSPS) is 11.2. The largest absolute Gasteiger partial charge is 0.383 e. The summed E-state index contributed by atoms with van der Waals surface area (Å²) >= 11 is 0. The third-order valence-electron chi connectivity index (χ3n) is 2.27. The van der Waals surface area contributed by atoms with E-state index in [-0.39, 0.29) is 0 Å². The molecule has 0 aliphatic carbocycles. The number of methoxy groups -OCH3 is 1. The molecule has 0 spiro atoms. The second kappa shape index (κ2) is 7.38. The van der Waals surface area contributed by atoms with E-state index in [1.807, 2.05) is 13.1 Å². The van der Waals surface area contributed by atoms with Crippen molar-refractivity contribution in [1.29, 1.82) is 0 Å².